The number of unbranched alkanes of at least 4 members (excludes halogenated alkanes) is 18. The third kappa shape index (κ3) is 32.8. The molecule has 0 rings (SSSR count). The normalized spacial score (nSPS) is 12.2. The second kappa shape index (κ2) is 35.2. The first kappa shape index (κ1) is 44.9. The van der Waals surface area contributed by atoms with E-state index in [2.05, 4.69) is 25.7 Å². The summed E-state index contributed by atoms with van der Waals surface area (Å²) in [4.78, 5) is 27.0. The van der Waals surface area contributed by atoms with Crippen molar-refractivity contribution in [1.82, 2.24) is 4.90 Å². The molecule has 0 saturated heterocycles. The van der Waals surface area contributed by atoms with Crippen molar-refractivity contribution in [1.29, 1.82) is 0 Å². The molecule has 5 heteroatoms. The lowest BCUT2D eigenvalue weighted by Crippen LogP contribution is -2.18. The fourth-order valence-corrected chi connectivity index (χ4v) is 6.47. The summed E-state index contributed by atoms with van der Waals surface area (Å²) in [6, 6.07) is 0. The maximum Gasteiger partial charge on any atom is 0.306 e. The van der Waals surface area contributed by atoms with E-state index in [9.17, 15) is 9.59 Å². The van der Waals surface area contributed by atoms with Crippen LogP contribution in [0, 0.1) is 5.92 Å². The Hall–Kier alpha value is -1.10. The molecular formula is C41H81NO4. The molecule has 0 aliphatic carbocycles. The van der Waals surface area contributed by atoms with Gasteiger partial charge in [0.25, 0.3) is 0 Å². The van der Waals surface area contributed by atoms with E-state index < -0.39 is 0 Å². The van der Waals surface area contributed by atoms with Crippen molar-refractivity contribution < 1.29 is 19.1 Å². The zero-order valence-corrected chi connectivity index (χ0v) is 31.9. The molecule has 46 heavy (non-hydrogen) atoms. The molecule has 0 N–H and O–H groups in total. The van der Waals surface area contributed by atoms with Crippen molar-refractivity contribution in [3.63, 3.8) is 0 Å². The molecule has 0 aromatic heterocycles. The number of hydrogen-bond acceptors (Lipinski definition) is 5. The molecule has 1 atom stereocenters. The SMILES string of the molecule is CCCCCCCCCCC(CCCCCCC(=O)OC(CCCCCCC)CCCCCCC)CCOC(=O)CCCN(C)C. The van der Waals surface area contributed by atoms with Crippen molar-refractivity contribution in [2.45, 2.75) is 219 Å². The summed E-state index contributed by atoms with van der Waals surface area (Å²) < 4.78 is 11.6. The highest BCUT2D eigenvalue weighted by Crippen LogP contribution is 2.23. The van der Waals surface area contributed by atoms with Crippen molar-refractivity contribution in [2.75, 3.05) is 27.2 Å². The topological polar surface area (TPSA) is 55.8 Å². The highest BCUT2D eigenvalue weighted by molar-refractivity contribution is 5.69. The van der Waals surface area contributed by atoms with Gasteiger partial charge in [0.1, 0.15) is 6.10 Å². The average molecular weight is 652 g/mol. The van der Waals surface area contributed by atoms with Crippen LogP contribution in [0.4, 0.5) is 0 Å². The smallest absolute Gasteiger partial charge is 0.306 e. The maximum atomic E-state index is 12.7. The fourth-order valence-electron chi connectivity index (χ4n) is 6.47. The quantitative estimate of drug-likeness (QED) is 0.0498. The molecule has 0 spiro atoms. The molecule has 0 saturated carbocycles. The van der Waals surface area contributed by atoms with Crippen molar-refractivity contribution in [2.24, 2.45) is 5.92 Å². The van der Waals surface area contributed by atoms with E-state index in [1.165, 1.54) is 141 Å². The number of rotatable bonds is 36. The highest BCUT2D eigenvalue weighted by Gasteiger charge is 2.15. The zero-order valence-electron chi connectivity index (χ0n) is 31.9. The van der Waals surface area contributed by atoms with Gasteiger partial charge in [-0.3, -0.25) is 9.59 Å². The largest absolute Gasteiger partial charge is 0.466 e. The molecule has 0 radical (unpaired) electrons. The molecule has 0 aliphatic heterocycles. The van der Waals surface area contributed by atoms with Gasteiger partial charge in [0.05, 0.1) is 6.61 Å². The Bertz CT molecular complexity index is 638. The Morgan fingerprint density at radius 2 is 0.891 bits per heavy atom. The zero-order chi connectivity index (χ0) is 33.9. The predicted molar refractivity (Wildman–Crippen MR) is 198 cm³/mol. The summed E-state index contributed by atoms with van der Waals surface area (Å²) in [7, 11) is 4.08. The van der Waals surface area contributed by atoms with Crippen LogP contribution in [-0.4, -0.2) is 50.2 Å². The van der Waals surface area contributed by atoms with Gasteiger partial charge >= 0.3 is 11.9 Å². The minimum Gasteiger partial charge on any atom is -0.466 e. The molecule has 0 aromatic rings. The van der Waals surface area contributed by atoms with E-state index in [4.69, 9.17) is 9.47 Å². The van der Waals surface area contributed by atoms with Crippen molar-refractivity contribution in [3.05, 3.63) is 0 Å². The average Bonchev–Trinajstić information content (AvgIpc) is 3.03. The van der Waals surface area contributed by atoms with Gasteiger partial charge in [0.15, 0.2) is 0 Å². The number of carbonyl (C=O) groups excluding carboxylic acids is 2. The summed E-state index contributed by atoms with van der Waals surface area (Å²) in [5, 5.41) is 0. The van der Waals surface area contributed by atoms with E-state index in [-0.39, 0.29) is 18.0 Å². The molecule has 0 amide bonds. The summed E-state index contributed by atoms with van der Waals surface area (Å²) in [6.07, 6.45) is 35.4. The summed E-state index contributed by atoms with van der Waals surface area (Å²) in [5.41, 5.74) is 0. The number of ether oxygens (including phenoxy) is 2. The molecule has 274 valence electrons. The van der Waals surface area contributed by atoms with Gasteiger partial charge in [-0.1, -0.05) is 156 Å². The summed E-state index contributed by atoms with van der Waals surface area (Å²) >= 11 is 0. The van der Waals surface area contributed by atoms with Crippen LogP contribution in [0.2, 0.25) is 0 Å². The molecule has 0 fully saturated rings. The van der Waals surface area contributed by atoms with E-state index in [0.29, 0.717) is 25.4 Å². The van der Waals surface area contributed by atoms with Crippen LogP contribution in [0.1, 0.15) is 213 Å². The fraction of sp³-hybridized carbons (Fsp3) is 0.951. The summed E-state index contributed by atoms with van der Waals surface area (Å²) in [5.74, 6) is 0.608. The Balaban J connectivity index is 4.41. The first-order chi connectivity index (χ1) is 22.4. The van der Waals surface area contributed by atoms with E-state index in [1.54, 1.807) is 0 Å². The van der Waals surface area contributed by atoms with Gasteiger partial charge in [-0.2, -0.15) is 0 Å². The number of nitrogens with zero attached hydrogens (tertiary/aromatic N) is 1. The Morgan fingerprint density at radius 3 is 1.37 bits per heavy atom. The second-order valence-corrected chi connectivity index (χ2v) is 14.5. The van der Waals surface area contributed by atoms with E-state index in [1.807, 2.05) is 14.1 Å². The predicted octanol–water partition coefficient (Wildman–Crippen LogP) is 12.4. The van der Waals surface area contributed by atoms with E-state index >= 15 is 0 Å². The molecular weight excluding hydrogens is 570 g/mol. The highest BCUT2D eigenvalue weighted by atomic mass is 16.5. The second-order valence-electron chi connectivity index (χ2n) is 14.5. The molecule has 0 bridgehead atoms. The molecule has 1 unspecified atom stereocenters. The van der Waals surface area contributed by atoms with Crippen LogP contribution in [0.25, 0.3) is 0 Å². The van der Waals surface area contributed by atoms with Gasteiger partial charge in [-0.05, 0) is 71.5 Å². The standard InChI is InChI=1S/C41H81NO4/c1-6-9-12-15-16-17-20-23-29-38(35-37-45-40(43)34-28-36-42(4)5)30-24-21-22-27-33-41(44)46-39(31-25-18-13-10-7-2)32-26-19-14-11-8-3/h38-39H,6-37H2,1-5H3. The first-order valence-corrected chi connectivity index (χ1v) is 20.4. The summed E-state index contributed by atoms with van der Waals surface area (Å²) in [6.45, 7) is 8.27. The lowest BCUT2D eigenvalue weighted by Gasteiger charge is -2.18. The first-order valence-electron chi connectivity index (χ1n) is 20.4. The van der Waals surface area contributed by atoms with Crippen LogP contribution in [-0.2, 0) is 19.1 Å². The lowest BCUT2D eigenvalue weighted by atomic mass is 9.91. The lowest BCUT2D eigenvalue weighted by molar-refractivity contribution is -0.150. The maximum absolute atomic E-state index is 12.7. The number of carbonyl (C=O) groups is 2. The Labute approximate surface area is 288 Å². The minimum absolute atomic E-state index is 0.0204. The molecule has 0 aliphatic rings. The van der Waals surface area contributed by atoms with Gasteiger partial charge in [-0.25, -0.2) is 0 Å². The Kier molecular flexibility index (Phi) is 34.4. The number of hydrogen-bond donors (Lipinski definition) is 0. The molecule has 0 heterocycles. The van der Waals surface area contributed by atoms with Gasteiger partial charge in [0.2, 0.25) is 0 Å². The van der Waals surface area contributed by atoms with Crippen molar-refractivity contribution >= 4 is 11.9 Å². The van der Waals surface area contributed by atoms with E-state index in [0.717, 1.165) is 45.1 Å². The van der Waals surface area contributed by atoms with Gasteiger partial charge < -0.3 is 14.4 Å². The molecule has 5 nitrogen and oxygen atoms in total. The van der Waals surface area contributed by atoms with Crippen LogP contribution >= 0.6 is 0 Å². The Morgan fingerprint density at radius 1 is 0.478 bits per heavy atom. The van der Waals surface area contributed by atoms with Crippen LogP contribution in [0.15, 0.2) is 0 Å². The van der Waals surface area contributed by atoms with Gasteiger partial charge in [0, 0.05) is 12.8 Å². The van der Waals surface area contributed by atoms with Gasteiger partial charge in [-0.15, -0.1) is 0 Å². The van der Waals surface area contributed by atoms with Crippen LogP contribution in [0.5, 0.6) is 0 Å². The third-order valence-electron chi connectivity index (χ3n) is 9.54. The monoisotopic (exact) mass is 652 g/mol. The van der Waals surface area contributed by atoms with Crippen molar-refractivity contribution in [3.8, 4) is 0 Å². The van der Waals surface area contributed by atoms with Crippen LogP contribution in [0.3, 0.4) is 0 Å². The molecule has 0 aromatic carbocycles. The number of esters is 2. The van der Waals surface area contributed by atoms with Crippen LogP contribution < -0.4 is 0 Å². The minimum atomic E-state index is -0.0465. The third-order valence-corrected chi connectivity index (χ3v) is 9.54.